The smallest absolute Gasteiger partial charge is 0.294 e. The van der Waals surface area contributed by atoms with Crippen LogP contribution < -0.4 is 0 Å². The molecule has 3 heterocycles. The van der Waals surface area contributed by atoms with E-state index in [0.29, 0.717) is 17.2 Å². The molecule has 4 rings (SSSR count). The number of benzene rings is 1. The average molecular weight is 412 g/mol. The Bertz CT molecular complexity index is 1010. The van der Waals surface area contributed by atoms with Crippen molar-refractivity contribution in [3.63, 3.8) is 0 Å². The summed E-state index contributed by atoms with van der Waals surface area (Å²) in [6.07, 6.45) is 0.301. The van der Waals surface area contributed by atoms with Gasteiger partial charge in [0.2, 0.25) is 0 Å². The summed E-state index contributed by atoms with van der Waals surface area (Å²) in [4.78, 5) is 16.0. The fourth-order valence-electron chi connectivity index (χ4n) is 3.58. The second-order valence-electron chi connectivity index (χ2n) is 7.94. The van der Waals surface area contributed by atoms with Gasteiger partial charge in [-0.05, 0) is 23.8 Å². The Hall–Kier alpha value is -2.80. The van der Waals surface area contributed by atoms with Crippen molar-refractivity contribution in [2.24, 2.45) is 0 Å². The van der Waals surface area contributed by atoms with Gasteiger partial charge in [-0.1, -0.05) is 32.0 Å². The fourth-order valence-corrected chi connectivity index (χ4v) is 3.58. The SMILES string of the molecule is CC(C)c1ncc2c(n1)CCN(Cc1ccc(-c3ccc(C(F)(F)F)cc3)nc1)C2. The van der Waals surface area contributed by atoms with E-state index in [1.807, 2.05) is 18.3 Å². The molecule has 0 fully saturated rings. The summed E-state index contributed by atoms with van der Waals surface area (Å²) in [5, 5.41) is 0. The minimum absolute atomic E-state index is 0.322. The molecule has 2 aromatic heterocycles. The van der Waals surface area contributed by atoms with Crippen molar-refractivity contribution in [3.05, 3.63) is 77.0 Å². The Morgan fingerprint density at radius 1 is 1.00 bits per heavy atom. The quantitative estimate of drug-likeness (QED) is 0.588. The summed E-state index contributed by atoms with van der Waals surface area (Å²) in [7, 11) is 0. The van der Waals surface area contributed by atoms with Gasteiger partial charge in [0.15, 0.2) is 0 Å². The van der Waals surface area contributed by atoms with Crippen LogP contribution in [0.3, 0.4) is 0 Å². The second kappa shape index (κ2) is 8.14. The molecule has 1 aliphatic rings. The molecule has 0 saturated heterocycles. The van der Waals surface area contributed by atoms with E-state index in [1.54, 1.807) is 6.20 Å². The van der Waals surface area contributed by atoms with Crippen LogP contribution in [0.4, 0.5) is 13.2 Å². The lowest BCUT2D eigenvalue weighted by molar-refractivity contribution is -0.137. The molecular formula is C23H23F3N4. The first-order valence-corrected chi connectivity index (χ1v) is 9.99. The molecule has 4 nitrogen and oxygen atoms in total. The number of nitrogens with zero attached hydrogens (tertiary/aromatic N) is 4. The minimum atomic E-state index is -4.33. The highest BCUT2D eigenvalue weighted by Crippen LogP contribution is 2.30. The van der Waals surface area contributed by atoms with Crippen molar-refractivity contribution in [3.8, 4) is 11.3 Å². The van der Waals surface area contributed by atoms with E-state index in [2.05, 4.69) is 28.7 Å². The highest BCUT2D eigenvalue weighted by atomic mass is 19.4. The van der Waals surface area contributed by atoms with Gasteiger partial charge in [0.05, 0.1) is 11.3 Å². The number of hydrogen-bond acceptors (Lipinski definition) is 4. The average Bonchev–Trinajstić information content (AvgIpc) is 2.73. The number of aromatic nitrogens is 3. The van der Waals surface area contributed by atoms with Crippen LogP contribution in [-0.2, 0) is 25.7 Å². The Kier molecular flexibility index (Phi) is 5.56. The number of rotatable bonds is 4. The van der Waals surface area contributed by atoms with Crippen molar-refractivity contribution in [2.75, 3.05) is 6.54 Å². The van der Waals surface area contributed by atoms with E-state index in [4.69, 9.17) is 4.98 Å². The molecule has 1 aliphatic heterocycles. The molecule has 1 aromatic carbocycles. The molecule has 0 radical (unpaired) electrons. The molecular weight excluding hydrogens is 389 g/mol. The van der Waals surface area contributed by atoms with Gasteiger partial charge in [-0.25, -0.2) is 9.97 Å². The molecule has 0 spiro atoms. The topological polar surface area (TPSA) is 41.9 Å². The van der Waals surface area contributed by atoms with E-state index >= 15 is 0 Å². The van der Waals surface area contributed by atoms with Crippen molar-refractivity contribution >= 4 is 0 Å². The largest absolute Gasteiger partial charge is 0.416 e. The summed E-state index contributed by atoms with van der Waals surface area (Å²) >= 11 is 0. The summed E-state index contributed by atoms with van der Waals surface area (Å²) < 4.78 is 38.2. The van der Waals surface area contributed by atoms with Crippen LogP contribution in [0.25, 0.3) is 11.3 Å². The van der Waals surface area contributed by atoms with Crippen molar-refractivity contribution < 1.29 is 13.2 Å². The lowest BCUT2D eigenvalue weighted by atomic mass is 10.1. The normalized spacial score (nSPS) is 14.7. The van der Waals surface area contributed by atoms with Crippen LogP contribution in [0, 0.1) is 0 Å². The maximum absolute atomic E-state index is 12.7. The summed E-state index contributed by atoms with van der Waals surface area (Å²) in [6, 6.07) is 8.92. The molecule has 0 N–H and O–H groups in total. The number of fused-ring (bicyclic) bond motifs is 1. The van der Waals surface area contributed by atoms with Crippen LogP contribution in [0.15, 0.2) is 48.8 Å². The zero-order valence-electron chi connectivity index (χ0n) is 16.9. The number of hydrogen-bond donors (Lipinski definition) is 0. The van der Waals surface area contributed by atoms with Gasteiger partial charge in [0, 0.05) is 61.2 Å². The molecule has 0 aliphatic carbocycles. The highest BCUT2D eigenvalue weighted by molar-refractivity contribution is 5.59. The lowest BCUT2D eigenvalue weighted by Crippen LogP contribution is -2.31. The van der Waals surface area contributed by atoms with Crippen LogP contribution in [0.2, 0.25) is 0 Å². The van der Waals surface area contributed by atoms with Crippen LogP contribution >= 0.6 is 0 Å². The Balaban J connectivity index is 1.42. The van der Waals surface area contributed by atoms with Gasteiger partial charge >= 0.3 is 6.18 Å². The van der Waals surface area contributed by atoms with E-state index < -0.39 is 11.7 Å². The van der Waals surface area contributed by atoms with E-state index in [0.717, 1.165) is 55.3 Å². The standard InChI is InChI=1S/C23H23F3N4/c1-15(2)22-28-12-18-14-30(10-9-21(18)29-22)13-16-3-8-20(27-11-16)17-4-6-19(7-5-17)23(24,25)26/h3-8,11-12,15H,9-10,13-14H2,1-2H3. The molecule has 7 heteroatoms. The van der Waals surface area contributed by atoms with Gasteiger partial charge in [0.25, 0.3) is 0 Å². The molecule has 0 atom stereocenters. The number of halogens is 3. The second-order valence-corrected chi connectivity index (χ2v) is 7.94. The predicted octanol–water partition coefficient (Wildman–Crippen LogP) is 5.24. The van der Waals surface area contributed by atoms with Crippen molar-refractivity contribution in [2.45, 2.75) is 45.5 Å². The summed E-state index contributed by atoms with van der Waals surface area (Å²) in [5.74, 6) is 1.22. The van der Waals surface area contributed by atoms with Crippen LogP contribution in [0.5, 0.6) is 0 Å². The third-order valence-electron chi connectivity index (χ3n) is 5.29. The van der Waals surface area contributed by atoms with Gasteiger partial charge in [-0.2, -0.15) is 13.2 Å². The van der Waals surface area contributed by atoms with Gasteiger partial charge in [-0.3, -0.25) is 9.88 Å². The van der Waals surface area contributed by atoms with E-state index in [9.17, 15) is 13.2 Å². The molecule has 156 valence electrons. The third-order valence-corrected chi connectivity index (χ3v) is 5.29. The molecule has 3 aromatic rings. The first kappa shape index (κ1) is 20.5. The number of alkyl halides is 3. The third kappa shape index (κ3) is 4.51. The van der Waals surface area contributed by atoms with E-state index in [1.165, 1.54) is 17.7 Å². The van der Waals surface area contributed by atoms with Gasteiger partial charge in [0.1, 0.15) is 5.82 Å². The fraction of sp³-hybridized carbons (Fsp3) is 0.348. The molecule has 30 heavy (non-hydrogen) atoms. The lowest BCUT2D eigenvalue weighted by Gasteiger charge is -2.28. The summed E-state index contributed by atoms with van der Waals surface area (Å²) in [5.41, 5.74) is 4.04. The van der Waals surface area contributed by atoms with Crippen LogP contribution in [0.1, 0.15) is 48.0 Å². The highest BCUT2D eigenvalue weighted by Gasteiger charge is 2.30. The Morgan fingerprint density at radius 2 is 1.77 bits per heavy atom. The van der Waals surface area contributed by atoms with Crippen molar-refractivity contribution in [1.82, 2.24) is 19.9 Å². The maximum atomic E-state index is 12.7. The zero-order valence-corrected chi connectivity index (χ0v) is 16.9. The maximum Gasteiger partial charge on any atom is 0.416 e. The van der Waals surface area contributed by atoms with Gasteiger partial charge in [-0.15, -0.1) is 0 Å². The number of pyridine rings is 1. The molecule has 0 bridgehead atoms. The zero-order chi connectivity index (χ0) is 21.3. The minimum Gasteiger partial charge on any atom is -0.294 e. The summed E-state index contributed by atoms with van der Waals surface area (Å²) in [6.45, 7) is 6.67. The first-order chi connectivity index (χ1) is 14.3. The van der Waals surface area contributed by atoms with E-state index in [-0.39, 0.29) is 0 Å². The monoisotopic (exact) mass is 412 g/mol. The Labute approximate surface area is 173 Å². The predicted molar refractivity (Wildman–Crippen MR) is 109 cm³/mol. The molecule has 0 amide bonds. The Morgan fingerprint density at radius 3 is 2.40 bits per heavy atom. The first-order valence-electron chi connectivity index (χ1n) is 9.99. The van der Waals surface area contributed by atoms with Crippen molar-refractivity contribution in [1.29, 1.82) is 0 Å². The van der Waals surface area contributed by atoms with Crippen LogP contribution in [-0.4, -0.2) is 26.4 Å². The molecule has 0 unspecified atom stereocenters. The van der Waals surface area contributed by atoms with Gasteiger partial charge < -0.3 is 0 Å². The molecule has 0 saturated carbocycles.